The molecule has 0 spiro atoms. The van der Waals surface area contributed by atoms with Gasteiger partial charge in [-0.3, -0.25) is 4.90 Å². The Morgan fingerprint density at radius 1 is 1.10 bits per heavy atom. The van der Waals surface area contributed by atoms with Crippen molar-refractivity contribution in [3.8, 4) is 11.1 Å². The van der Waals surface area contributed by atoms with Crippen LogP contribution in [0, 0.1) is 11.3 Å². The van der Waals surface area contributed by atoms with Gasteiger partial charge in [0.1, 0.15) is 6.10 Å². The predicted octanol–water partition coefficient (Wildman–Crippen LogP) is 5.36. The Hall–Kier alpha value is -2.33. The minimum atomic E-state index is -0.260. The normalized spacial score (nSPS) is 28.2. The van der Waals surface area contributed by atoms with Crippen LogP contribution in [0.2, 0.25) is 0 Å². The number of aryl methyl sites for hydroxylation is 1. The summed E-state index contributed by atoms with van der Waals surface area (Å²) in [5.74, 6) is 0.529. The minimum Gasteiger partial charge on any atom is -0.445 e. The van der Waals surface area contributed by atoms with Crippen molar-refractivity contribution in [3.63, 3.8) is 0 Å². The van der Waals surface area contributed by atoms with E-state index in [4.69, 9.17) is 4.74 Å². The molecule has 2 atom stereocenters. The van der Waals surface area contributed by atoms with Gasteiger partial charge in [0, 0.05) is 6.54 Å². The maximum absolute atomic E-state index is 12.8. The maximum atomic E-state index is 12.8. The zero-order chi connectivity index (χ0) is 21.6. The highest BCUT2D eigenvalue weighted by atomic mass is 16.6. The highest BCUT2D eigenvalue weighted by Gasteiger charge is 2.42. The maximum Gasteiger partial charge on any atom is 0.407 e. The quantitative estimate of drug-likeness (QED) is 0.727. The highest BCUT2D eigenvalue weighted by molar-refractivity contribution is 5.70. The van der Waals surface area contributed by atoms with Gasteiger partial charge in [-0.1, -0.05) is 63.2 Å². The number of fused-ring (bicyclic) bond motifs is 4. The van der Waals surface area contributed by atoms with Crippen LogP contribution in [0.25, 0.3) is 11.1 Å². The molecule has 1 amide bonds. The lowest BCUT2D eigenvalue weighted by atomic mass is 9.85. The van der Waals surface area contributed by atoms with Gasteiger partial charge < -0.3 is 10.1 Å². The van der Waals surface area contributed by atoms with Gasteiger partial charge in [-0.2, -0.15) is 0 Å². The number of nitrogens with zero attached hydrogens (tertiary/aromatic N) is 1. The fourth-order valence-corrected chi connectivity index (χ4v) is 5.77. The molecule has 3 saturated heterocycles. The number of hydrogen-bond acceptors (Lipinski definition) is 3. The van der Waals surface area contributed by atoms with E-state index >= 15 is 0 Å². The van der Waals surface area contributed by atoms with Crippen molar-refractivity contribution in [3.05, 3.63) is 59.2 Å². The summed E-state index contributed by atoms with van der Waals surface area (Å²) in [7, 11) is 0. The molecule has 0 saturated carbocycles. The summed E-state index contributed by atoms with van der Waals surface area (Å²) in [4.78, 5) is 15.3. The van der Waals surface area contributed by atoms with E-state index in [0.29, 0.717) is 5.92 Å². The first-order valence-corrected chi connectivity index (χ1v) is 11.8. The zero-order valence-corrected chi connectivity index (χ0v) is 19.0. The first-order valence-electron chi connectivity index (χ1n) is 11.8. The van der Waals surface area contributed by atoms with Gasteiger partial charge in [-0.05, 0) is 77.9 Å². The molecule has 3 heterocycles. The second kappa shape index (κ2) is 7.98. The molecule has 31 heavy (non-hydrogen) atoms. The highest BCUT2D eigenvalue weighted by Crippen LogP contribution is 2.46. The van der Waals surface area contributed by atoms with Gasteiger partial charge in [-0.25, -0.2) is 4.79 Å². The van der Waals surface area contributed by atoms with E-state index < -0.39 is 0 Å². The average molecular weight is 419 g/mol. The van der Waals surface area contributed by atoms with Crippen LogP contribution < -0.4 is 5.32 Å². The number of benzene rings is 2. The monoisotopic (exact) mass is 418 g/mol. The smallest absolute Gasteiger partial charge is 0.407 e. The lowest BCUT2D eigenvalue weighted by Crippen LogP contribution is -2.53. The van der Waals surface area contributed by atoms with Gasteiger partial charge in [0.05, 0.1) is 6.04 Å². The van der Waals surface area contributed by atoms with E-state index in [1.165, 1.54) is 27.8 Å². The lowest BCUT2D eigenvalue weighted by molar-refractivity contribution is -0.0348. The Bertz CT molecular complexity index is 958. The van der Waals surface area contributed by atoms with Crippen molar-refractivity contribution in [2.24, 2.45) is 11.3 Å². The summed E-state index contributed by atoms with van der Waals surface area (Å²) < 4.78 is 5.92. The third-order valence-electron chi connectivity index (χ3n) is 7.69. The van der Waals surface area contributed by atoms with Gasteiger partial charge in [-0.15, -0.1) is 0 Å². The van der Waals surface area contributed by atoms with Crippen molar-refractivity contribution in [2.75, 3.05) is 19.6 Å². The molecule has 1 unspecified atom stereocenters. The molecule has 4 heteroatoms. The number of ether oxygens (including phenoxy) is 1. The number of amides is 1. The van der Waals surface area contributed by atoms with Crippen LogP contribution in [-0.2, 0) is 17.6 Å². The second-order valence-electron chi connectivity index (χ2n) is 10.3. The van der Waals surface area contributed by atoms with Gasteiger partial charge in [0.2, 0.25) is 0 Å². The standard InChI is InChI=1S/C27H34N2O2/c1-4-18-5-7-19(8-6-18)21-9-10-23-22(15-21)16-27(2,3)25(23)28-26(30)31-24-17-29-13-11-20(24)12-14-29/h5-10,15,20,24-25H,4,11-14,16-17H2,1-3H3,(H,28,30)/t24-,25?/m0/s1. The van der Waals surface area contributed by atoms with Crippen molar-refractivity contribution in [1.29, 1.82) is 0 Å². The molecule has 4 nitrogen and oxygen atoms in total. The number of piperidine rings is 3. The first-order chi connectivity index (χ1) is 14.9. The summed E-state index contributed by atoms with van der Waals surface area (Å²) in [5.41, 5.74) is 6.36. The predicted molar refractivity (Wildman–Crippen MR) is 124 cm³/mol. The molecule has 0 aromatic heterocycles. The fourth-order valence-electron chi connectivity index (χ4n) is 5.77. The third-order valence-corrected chi connectivity index (χ3v) is 7.69. The van der Waals surface area contributed by atoms with E-state index in [2.05, 4.69) is 73.5 Å². The largest absolute Gasteiger partial charge is 0.445 e. The van der Waals surface area contributed by atoms with E-state index in [9.17, 15) is 4.79 Å². The molecular formula is C27H34N2O2. The van der Waals surface area contributed by atoms with Crippen molar-refractivity contribution < 1.29 is 9.53 Å². The van der Waals surface area contributed by atoms with E-state index in [0.717, 1.165) is 45.3 Å². The first kappa shape index (κ1) is 20.6. The Labute approximate surface area is 186 Å². The van der Waals surface area contributed by atoms with Crippen LogP contribution >= 0.6 is 0 Å². The summed E-state index contributed by atoms with van der Waals surface area (Å²) >= 11 is 0. The number of rotatable bonds is 4. The molecular weight excluding hydrogens is 384 g/mol. The van der Waals surface area contributed by atoms with Crippen molar-refractivity contribution in [1.82, 2.24) is 10.2 Å². The van der Waals surface area contributed by atoms with Crippen molar-refractivity contribution >= 4 is 6.09 Å². The average Bonchev–Trinajstić information content (AvgIpc) is 3.03. The Kier molecular flexibility index (Phi) is 5.29. The van der Waals surface area contributed by atoms with Crippen LogP contribution in [0.4, 0.5) is 4.79 Å². The second-order valence-corrected chi connectivity index (χ2v) is 10.3. The Balaban J connectivity index is 1.31. The molecule has 1 aliphatic carbocycles. The molecule has 3 fully saturated rings. The Morgan fingerprint density at radius 3 is 2.45 bits per heavy atom. The summed E-state index contributed by atoms with van der Waals surface area (Å²) in [6.07, 6.45) is 4.09. The Morgan fingerprint density at radius 2 is 1.81 bits per heavy atom. The molecule has 4 aliphatic rings. The number of carbonyl (C=O) groups is 1. The topological polar surface area (TPSA) is 41.6 Å². The van der Waals surface area contributed by atoms with Crippen LogP contribution in [0.3, 0.4) is 0 Å². The van der Waals surface area contributed by atoms with Gasteiger partial charge >= 0.3 is 6.09 Å². The van der Waals surface area contributed by atoms with Crippen LogP contribution in [0.15, 0.2) is 42.5 Å². The van der Waals surface area contributed by atoms with Gasteiger partial charge in [0.15, 0.2) is 0 Å². The van der Waals surface area contributed by atoms with Crippen molar-refractivity contribution in [2.45, 2.75) is 58.6 Å². The molecule has 2 bridgehead atoms. The molecule has 0 radical (unpaired) electrons. The minimum absolute atomic E-state index is 0.0207. The lowest BCUT2D eigenvalue weighted by Gasteiger charge is -2.44. The SMILES string of the molecule is CCc1ccc(-c2ccc3c(c2)CC(C)(C)C3NC(=O)O[C@H]2CN3CCC2CC3)cc1. The van der Waals surface area contributed by atoms with Crippen LogP contribution in [0.1, 0.15) is 56.3 Å². The number of alkyl carbamates (subject to hydrolysis) is 1. The van der Waals surface area contributed by atoms with Crippen LogP contribution in [0.5, 0.6) is 0 Å². The molecule has 6 rings (SSSR count). The van der Waals surface area contributed by atoms with E-state index in [-0.39, 0.29) is 23.7 Å². The summed E-state index contributed by atoms with van der Waals surface area (Å²) in [5, 5.41) is 3.23. The summed E-state index contributed by atoms with van der Waals surface area (Å²) in [6.45, 7) is 9.85. The number of nitrogens with one attached hydrogen (secondary N) is 1. The third kappa shape index (κ3) is 3.98. The molecule has 1 N–H and O–H groups in total. The summed E-state index contributed by atoms with van der Waals surface area (Å²) in [6, 6.07) is 15.5. The number of hydrogen-bond donors (Lipinski definition) is 1. The molecule has 2 aromatic carbocycles. The molecule has 2 aromatic rings. The van der Waals surface area contributed by atoms with E-state index in [1.807, 2.05) is 0 Å². The van der Waals surface area contributed by atoms with Crippen LogP contribution in [-0.4, -0.2) is 36.7 Å². The zero-order valence-electron chi connectivity index (χ0n) is 19.0. The van der Waals surface area contributed by atoms with E-state index in [1.54, 1.807) is 0 Å². The molecule has 3 aliphatic heterocycles. The number of carbonyl (C=O) groups excluding carboxylic acids is 1. The van der Waals surface area contributed by atoms with Gasteiger partial charge in [0.25, 0.3) is 0 Å². The molecule has 164 valence electrons. The fraction of sp³-hybridized carbons (Fsp3) is 0.519.